The molecule has 1 atom stereocenters. The molecule has 2 aliphatic heterocycles. The molecule has 0 aliphatic carbocycles. The van der Waals surface area contributed by atoms with E-state index in [1.807, 2.05) is 56.3 Å². The fourth-order valence-electron chi connectivity index (χ4n) is 4.34. The van der Waals surface area contributed by atoms with E-state index in [-0.39, 0.29) is 18.4 Å². The summed E-state index contributed by atoms with van der Waals surface area (Å²) in [6, 6.07) is 14.7. The van der Waals surface area contributed by atoms with Crippen molar-refractivity contribution in [2.24, 2.45) is 0 Å². The monoisotopic (exact) mass is 391 g/mol. The highest BCUT2D eigenvalue weighted by Gasteiger charge is 2.51. The summed E-state index contributed by atoms with van der Waals surface area (Å²) in [7, 11) is 0. The number of fused-ring (bicyclic) bond motifs is 1. The molecule has 4 rings (SSSR count). The van der Waals surface area contributed by atoms with E-state index in [1.54, 1.807) is 4.90 Å². The Balaban J connectivity index is 1.58. The maximum Gasteiger partial charge on any atom is 0.325 e. The van der Waals surface area contributed by atoms with Crippen molar-refractivity contribution in [2.45, 2.75) is 38.6 Å². The van der Waals surface area contributed by atoms with Crippen molar-refractivity contribution in [3.8, 4) is 0 Å². The second kappa shape index (κ2) is 7.35. The van der Waals surface area contributed by atoms with E-state index in [0.717, 1.165) is 40.1 Å². The van der Waals surface area contributed by atoms with Crippen LogP contribution in [0.1, 0.15) is 36.5 Å². The van der Waals surface area contributed by atoms with Crippen molar-refractivity contribution in [1.82, 2.24) is 10.2 Å². The molecule has 0 radical (unpaired) electrons. The summed E-state index contributed by atoms with van der Waals surface area (Å²) in [6.07, 6.45) is 2.21. The van der Waals surface area contributed by atoms with Gasteiger partial charge in [-0.05, 0) is 43.4 Å². The number of carbonyl (C=O) groups is 3. The van der Waals surface area contributed by atoms with Crippen molar-refractivity contribution in [3.05, 3.63) is 65.2 Å². The first-order valence-electron chi connectivity index (χ1n) is 10.1. The molecular formula is C23H25N3O3. The summed E-state index contributed by atoms with van der Waals surface area (Å²) >= 11 is 0. The number of hydrogen-bond acceptors (Lipinski definition) is 3. The lowest BCUT2D eigenvalue weighted by Gasteiger charge is -2.31. The van der Waals surface area contributed by atoms with Crippen molar-refractivity contribution in [3.63, 3.8) is 0 Å². The van der Waals surface area contributed by atoms with Gasteiger partial charge in [-0.3, -0.25) is 14.5 Å². The smallest absolute Gasteiger partial charge is 0.319 e. The zero-order chi connectivity index (χ0) is 20.6. The average Bonchev–Trinajstić information content (AvgIpc) is 2.98. The lowest BCUT2D eigenvalue weighted by Crippen LogP contribution is -2.46. The molecular weight excluding hydrogens is 366 g/mol. The molecule has 2 aliphatic rings. The molecule has 2 heterocycles. The second-order valence-corrected chi connectivity index (χ2v) is 7.73. The van der Waals surface area contributed by atoms with Crippen LogP contribution in [0.2, 0.25) is 0 Å². The number of nitrogens with zero attached hydrogens (tertiary/aromatic N) is 2. The van der Waals surface area contributed by atoms with Crippen LogP contribution >= 0.6 is 0 Å². The van der Waals surface area contributed by atoms with Gasteiger partial charge < -0.3 is 10.2 Å². The first-order valence-corrected chi connectivity index (χ1v) is 10.1. The van der Waals surface area contributed by atoms with Gasteiger partial charge in [0.1, 0.15) is 12.1 Å². The Labute approximate surface area is 170 Å². The minimum Gasteiger partial charge on any atom is -0.319 e. The van der Waals surface area contributed by atoms with E-state index in [1.165, 1.54) is 0 Å². The third-order valence-corrected chi connectivity index (χ3v) is 5.92. The maximum absolute atomic E-state index is 13.2. The topological polar surface area (TPSA) is 69.7 Å². The van der Waals surface area contributed by atoms with Gasteiger partial charge in [-0.15, -0.1) is 0 Å². The fourth-order valence-corrected chi connectivity index (χ4v) is 4.34. The average molecular weight is 391 g/mol. The fraction of sp³-hybridized carbons (Fsp3) is 0.348. The van der Waals surface area contributed by atoms with Gasteiger partial charge in [-0.1, -0.05) is 55.0 Å². The molecule has 0 saturated carbocycles. The number of anilines is 1. The Bertz CT molecular complexity index is 973. The molecule has 2 aromatic rings. The molecule has 0 aromatic heterocycles. The Kier molecular flexibility index (Phi) is 4.86. The SMILES string of the molecule is CC[C@]1(c2ccccc2)NC(=O)N(CC(=O)N2CCCc3cc(C)ccc32)C1=O. The molecule has 6 heteroatoms. The molecule has 6 nitrogen and oxygen atoms in total. The summed E-state index contributed by atoms with van der Waals surface area (Å²) in [4.78, 5) is 41.8. The zero-order valence-electron chi connectivity index (χ0n) is 16.8. The largest absolute Gasteiger partial charge is 0.325 e. The summed E-state index contributed by atoms with van der Waals surface area (Å²) in [5.74, 6) is -0.607. The van der Waals surface area contributed by atoms with Crippen LogP contribution in [0.3, 0.4) is 0 Å². The van der Waals surface area contributed by atoms with Crippen LogP contribution in [0.15, 0.2) is 48.5 Å². The van der Waals surface area contributed by atoms with Gasteiger partial charge in [-0.2, -0.15) is 0 Å². The molecule has 4 amide bonds. The van der Waals surface area contributed by atoms with Crippen LogP contribution in [0, 0.1) is 6.92 Å². The van der Waals surface area contributed by atoms with Crippen LogP contribution < -0.4 is 10.2 Å². The van der Waals surface area contributed by atoms with Crippen LogP contribution in [0.4, 0.5) is 10.5 Å². The van der Waals surface area contributed by atoms with Gasteiger partial charge in [0.15, 0.2) is 0 Å². The predicted octanol–water partition coefficient (Wildman–Crippen LogP) is 3.13. The van der Waals surface area contributed by atoms with Crippen LogP contribution in [0.25, 0.3) is 0 Å². The molecule has 2 aromatic carbocycles. The summed E-state index contributed by atoms with van der Waals surface area (Å²) in [5, 5.41) is 2.83. The van der Waals surface area contributed by atoms with Crippen molar-refractivity contribution >= 4 is 23.5 Å². The number of aryl methyl sites for hydroxylation is 2. The van der Waals surface area contributed by atoms with Gasteiger partial charge in [0.05, 0.1) is 0 Å². The van der Waals surface area contributed by atoms with Gasteiger partial charge in [0.2, 0.25) is 5.91 Å². The van der Waals surface area contributed by atoms with Crippen molar-refractivity contribution < 1.29 is 14.4 Å². The minimum absolute atomic E-state index is 0.238. The Morgan fingerprint density at radius 2 is 1.90 bits per heavy atom. The van der Waals surface area contributed by atoms with Crippen LogP contribution in [-0.4, -0.2) is 35.8 Å². The highest BCUT2D eigenvalue weighted by Crippen LogP contribution is 2.33. The first-order chi connectivity index (χ1) is 14.0. The number of imide groups is 1. The van der Waals surface area contributed by atoms with Crippen LogP contribution in [-0.2, 0) is 21.5 Å². The standard InChI is InChI=1S/C23H25N3O3/c1-3-23(18-9-5-4-6-10-18)21(28)26(22(29)24-23)15-20(27)25-13-7-8-17-14-16(2)11-12-19(17)25/h4-6,9-12,14H,3,7-8,13,15H2,1-2H3,(H,24,29)/t23-/m1/s1. The lowest BCUT2D eigenvalue weighted by atomic mass is 9.87. The molecule has 1 fully saturated rings. The Morgan fingerprint density at radius 1 is 1.14 bits per heavy atom. The highest BCUT2D eigenvalue weighted by molar-refractivity contribution is 6.10. The molecule has 0 unspecified atom stereocenters. The summed E-state index contributed by atoms with van der Waals surface area (Å²) in [6.45, 7) is 4.23. The van der Waals surface area contributed by atoms with E-state index in [2.05, 4.69) is 11.4 Å². The predicted molar refractivity (Wildman–Crippen MR) is 111 cm³/mol. The summed E-state index contributed by atoms with van der Waals surface area (Å²) < 4.78 is 0. The van der Waals surface area contributed by atoms with E-state index >= 15 is 0 Å². The molecule has 29 heavy (non-hydrogen) atoms. The van der Waals surface area contributed by atoms with Crippen molar-refractivity contribution in [1.29, 1.82) is 0 Å². The van der Waals surface area contributed by atoms with Gasteiger partial charge in [-0.25, -0.2) is 4.79 Å². The Hall–Kier alpha value is -3.15. The van der Waals surface area contributed by atoms with Gasteiger partial charge in [0, 0.05) is 12.2 Å². The second-order valence-electron chi connectivity index (χ2n) is 7.73. The number of urea groups is 1. The molecule has 0 bridgehead atoms. The number of nitrogens with one attached hydrogen (secondary N) is 1. The highest BCUT2D eigenvalue weighted by atomic mass is 16.2. The third kappa shape index (κ3) is 3.18. The normalized spacial score (nSPS) is 21.2. The lowest BCUT2D eigenvalue weighted by molar-refractivity contribution is -0.134. The summed E-state index contributed by atoms with van der Waals surface area (Å²) in [5.41, 5.74) is 2.78. The number of rotatable bonds is 4. The first kappa shape index (κ1) is 19.2. The zero-order valence-corrected chi connectivity index (χ0v) is 16.8. The molecule has 1 N–H and O–H groups in total. The maximum atomic E-state index is 13.2. The van der Waals surface area contributed by atoms with E-state index < -0.39 is 11.6 Å². The number of amides is 4. The third-order valence-electron chi connectivity index (χ3n) is 5.92. The van der Waals surface area contributed by atoms with E-state index in [0.29, 0.717) is 13.0 Å². The van der Waals surface area contributed by atoms with Gasteiger partial charge in [0.25, 0.3) is 5.91 Å². The number of benzene rings is 2. The number of hydrogen-bond donors (Lipinski definition) is 1. The van der Waals surface area contributed by atoms with Crippen LogP contribution in [0.5, 0.6) is 0 Å². The van der Waals surface area contributed by atoms with Gasteiger partial charge >= 0.3 is 6.03 Å². The van der Waals surface area contributed by atoms with E-state index in [9.17, 15) is 14.4 Å². The van der Waals surface area contributed by atoms with E-state index in [4.69, 9.17) is 0 Å². The quantitative estimate of drug-likeness (QED) is 0.814. The van der Waals surface area contributed by atoms with Crippen molar-refractivity contribution in [2.75, 3.05) is 18.0 Å². The molecule has 150 valence electrons. The molecule has 1 saturated heterocycles. The number of carbonyl (C=O) groups excluding carboxylic acids is 3. The Morgan fingerprint density at radius 3 is 2.62 bits per heavy atom. The molecule has 0 spiro atoms. The minimum atomic E-state index is -1.12.